The fourth-order valence-corrected chi connectivity index (χ4v) is 6.33. The summed E-state index contributed by atoms with van der Waals surface area (Å²) in [5.41, 5.74) is 0. The molecule has 31 heavy (non-hydrogen) atoms. The van der Waals surface area contributed by atoms with Crippen molar-refractivity contribution >= 4 is 11.3 Å². The van der Waals surface area contributed by atoms with E-state index in [1.54, 1.807) is 11.3 Å². The second-order valence-corrected chi connectivity index (χ2v) is 10.3. The number of nitriles is 1. The van der Waals surface area contributed by atoms with Crippen molar-refractivity contribution in [3.05, 3.63) is 34.0 Å². The number of aromatic nitrogens is 3. The van der Waals surface area contributed by atoms with E-state index in [4.69, 9.17) is 5.26 Å². The van der Waals surface area contributed by atoms with E-state index in [-0.39, 0.29) is 12.5 Å². The van der Waals surface area contributed by atoms with Crippen LogP contribution in [0.5, 0.6) is 0 Å². The van der Waals surface area contributed by atoms with E-state index in [2.05, 4.69) is 63.3 Å². The van der Waals surface area contributed by atoms with E-state index in [1.807, 2.05) is 6.07 Å². The van der Waals surface area contributed by atoms with E-state index in [0.717, 1.165) is 37.5 Å². The van der Waals surface area contributed by atoms with Crippen molar-refractivity contribution < 1.29 is 5.11 Å². The molecular weight excluding hydrogens is 408 g/mol. The number of aryl methyl sites for hydroxylation is 1. The van der Waals surface area contributed by atoms with E-state index in [9.17, 15) is 5.11 Å². The van der Waals surface area contributed by atoms with Gasteiger partial charge in [-0.05, 0) is 50.5 Å². The molecule has 2 bridgehead atoms. The summed E-state index contributed by atoms with van der Waals surface area (Å²) in [6, 6.07) is 7.98. The Kier molecular flexibility index (Phi) is 7.07. The highest BCUT2D eigenvalue weighted by Gasteiger charge is 2.42. The molecule has 2 N–H and O–H groups in total. The van der Waals surface area contributed by atoms with Crippen LogP contribution in [0, 0.1) is 18.3 Å². The fraction of sp³-hybridized carbons (Fsp3) is 0.696. The summed E-state index contributed by atoms with van der Waals surface area (Å²) in [4.78, 5) is 3.92. The zero-order valence-corrected chi connectivity index (χ0v) is 19.6. The van der Waals surface area contributed by atoms with Gasteiger partial charge in [0.2, 0.25) is 0 Å². The van der Waals surface area contributed by atoms with Gasteiger partial charge in [-0.3, -0.25) is 10.2 Å². The molecule has 2 aliphatic rings. The lowest BCUT2D eigenvalue weighted by molar-refractivity contribution is 0.0890. The molecule has 2 saturated heterocycles. The summed E-state index contributed by atoms with van der Waals surface area (Å²) in [6.07, 6.45) is 5.08. The summed E-state index contributed by atoms with van der Waals surface area (Å²) in [7, 11) is 0. The van der Waals surface area contributed by atoms with Gasteiger partial charge in [-0.1, -0.05) is 19.9 Å². The lowest BCUT2D eigenvalue weighted by Crippen LogP contribution is -2.45. The van der Waals surface area contributed by atoms with Crippen LogP contribution in [-0.4, -0.2) is 49.6 Å². The molecule has 2 aromatic rings. The Bertz CT molecular complexity index is 875. The van der Waals surface area contributed by atoms with Crippen LogP contribution in [-0.2, 0) is 0 Å². The van der Waals surface area contributed by atoms with Gasteiger partial charge in [-0.25, -0.2) is 0 Å². The summed E-state index contributed by atoms with van der Waals surface area (Å²) >= 11 is 1.71. The van der Waals surface area contributed by atoms with Gasteiger partial charge in [0.05, 0.1) is 12.5 Å². The molecule has 168 valence electrons. The molecule has 7 nitrogen and oxygen atoms in total. The third-order valence-corrected chi connectivity index (χ3v) is 7.86. The Balaban J connectivity index is 1.42. The Hall–Kier alpha value is -1.79. The molecule has 0 radical (unpaired) electrons. The van der Waals surface area contributed by atoms with Gasteiger partial charge < -0.3 is 9.67 Å². The Labute approximate surface area is 189 Å². The monoisotopic (exact) mass is 442 g/mol. The third-order valence-electron chi connectivity index (χ3n) is 6.87. The summed E-state index contributed by atoms with van der Waals surface area (Å²) < 4.78 is 2.40. The normalized spacial score (nSPS) is 25.6. The van der Waals surface area contributed by atoms with E-state index in [1.165, 1.54) is 17.7 Å². The number of hydrogen-bond acceptors (Lipinski definition) is 7. The van der Waals surface area contributed by atoms with Gasteiger partial charge in [0.1, 0.15) is 17.9 Å². The molecule has 0 aliphatic carbocycles. The van der Waals surface area contributed by atoms with Crippen LogP contribution < -0.4 is 5.32 Å². The van der Waals surface area contributed by atoms with Gasteiger partial charge in [0, 0.05) is 41.5 Å². The molecule has 8 heteroatoms. The van der Waals surface area contributed by atoms with Gasteiger partial charge in [-0.2, -0.15) is 5.26 Å². The van der Waals surface area contributed by atoms with Crippen LogP contribution in [0.25, 0.3) is 0 Å². The maximum atomic E-state index is 10.2. The minimum absolute atomic E-state index is 0.0770. The fourth-order valence-electron chi connectivity index (χ4n) is 5.51. The van der Waals surface area contributed by atoms with Crippen molar-refractivity contribution in [2.24, 2.45) is 0 Å². The second kappa shape index (κ2) is 9.78. The lowest BCUT2D eigenvalue weighted by Gasteiger charge is -2.40. The topological polar surface area (TPSA) is 90.0 Å². The van der Waals surface area contributed by atoms with Crippen molar-refractivity contribution in [2.45, 2.75) is 95.6 Å². The Morgan fingerprint density at radius 2 is 2.00 bits per heavy atom. The molecule has 2 aromatic heterocycles. The zero-order chi connectivity index (χ0) is 22.0. The smallest absolute Gasteiger partial charge is 0.135 e. The van der Waals surface area contributed by atoms with Crippen molar-refractivity contribution in [3.8, 4) is 6.07 Å². The Morgan fingerprint density at radius 3 is 2.61 bits per heavy atom. The Morgan fingerprint density at radius 1 is 1.26 bits per heavy atom. The van der Waals surface area contributed by atoms with Gasteiger partial charge in [0.15, 0.2) is 0 Å². The summed E-state index contributed by atoms with van der Waals surface area (Å²) in [6.45, 7) is 7.48. The summed E-state index contributed by atoms with van der Waals surface area (Å²) in [5, 5.41) is 33.2. The molecular formula is C23H34N6OS. The predicted octanol–water partition coefficient (Wildman–Crippen LogP) is 3.89. The molecule has 0 aromatic carbocycles. The average molecular weight is 443 g/mol. The number of nitrogens with one attached hydrogen (secondary N) is 1. The number of piperidine rings is 1. The first-order valence-electron chi connectivity index (χ1n) is 11.5. The van der Waals surface area contributed by atoms with Gasteiger partial charge in [-0.15, -0.1) is 21.5 Å². The first-order chi connectivity index (χ1) is 15.0. The van der Waals surface area contributed by atoms with Crippen LogP contribution in [0.2, 0.25) is 0 Å². The minimum atomic E-state index is -0.786. The van der Waals surface area contributed by atoms with Crippen molar-refractivity contribution in [2.75, 3.05) is 6.54 Å². The second-order valence-electron chi connectivity index (χ2n) is 9.28. The standard InChI is InChI=1S/C23H34N6OS/c1-15(2)23-27-26-16(3)29(23)19-13-17-6-7-18(14-19)28(17)11-9-20(21-5-4-12-31-21)25-22(30)8-10-24/h4-5,12,15,17-20,22,25,30H,6-9,11,13-14H2,1-3H3/t17?,18?,19?,20-,22?/m0/s1. The first kappa shape index (κ1) is 22.4. The van der Waals surface area contributed by atoms with Crippen LogP contribution >= 0.6 is 11.3 Å². The molecule has 4 heterocycles. The number of rotatable bonds is 9. The van der Waals surface area contributed by atoms with Crippen molar-refractivity contribution in [3.63, 3.8) is 0 Å². The van der Waals surface area contributed by atoms with Crippen molar-refractivity contribution in [1.82, 2.24) is 25.0 Å². The maximum absolute atomic E-state index is 10.2. The molecule has 4 rings (SSSR count). The predicted molar refractivity (Wildman–Crippen MR) is 122 cm³/mol. The quantitative estimate of drug-likeness (QED) is 0.573. The number of hydrogen-bond donors (Lipinski definition) is 2. The van der Waals surface area contributed by atoms with Crippen LogP contribution in [0.15, 0.2) is 17.5 Å². The largest absolute Gasteiger partial charge is 0.378 e. The van der Waals surface area contributed by atoms with Gasteiger partial charge >= 0.3 is 0 Å². The number of fused-ring (bicyclic) bond motifs is 2. The number of thiophene rings is 1. The highest BCUT2D eigenvalue weighted by Crippen LogP contribution is 2.42. The van der Waals surface area contributed by atoms with E-state index >= 15 is 0 Å². The summed E-state index contributed by atoms with van der Waals surface area (Å²) in [5.74, 6) is 2.54. The molecule has 0 amide bonds. The first-order valence-corrected chi connectivity index (χ1v) is 12.4. The van der Waals surface area contributed by atoms with E-state index in [0.29, 0.717) is 24.0 Å². The molecule has 2 fully saturated rings. The molecule has 0 saturated carbocycles. The number of aliphatic hydroxyl groups excluding tert-OH is 1. The van der Waals surface area contributed by atoms with Crippen LogP contribution in [0.4, 0.5) is 0 Å². The number of aliphatic hydroxyl groups is 1. The van der Waals surface area contributed by atoms with Crippen molar-refractivity contribution in [1.29, 1.82) is 5.26 Å². The zero-order valence-electron chi connectivity index (χ0n) is 18.7. The minimum Gasteiger partial charge on any atom is -0.378 e. The molecule has 0 spiro atoms. The van der Waals surface area contributed by atoms with E-state index < -0.39 is 6.23 Å². The maximum Gasteiger partial charge on any atom is 0.135 e. The third kappa shape index (κ3) is 4.85. The molecule has 2 aliphatic heterocycles. The average Bonchev–Trinajstić information content (AvgIpc) is 3.44. The molecule has 4 atom stereocenters. The van der Waals surface area contributed by atoms with Gasteiger partial charge in [0.25, 0.3) is 0 Å². The van der Waals surface area contributed by atoms with Crippen LogP contribution in [0.1, 0.15) is 86.9 Å². The lowest BCUT2D eigenvalue weighted by atomic mass is 9.95. The molecule has 3 unspecified atom stereocenters. The highest BCUT2D eigenvalue weighted by atomic mass is 32.1. The number of nitrogens with zero attached hydrogens (tertiary/aromatic N) is 5. The SMILES string of the molecule is Cc1nnc(C(C)C)n1C1CC2CCC(C1)N2CC[C@H](NC(O)CC#N)c1cccs1. The van der Waals surface area contributed by atoms with Crippen LogP contribution in [0.3, 0.4) is 0 Å². The highest BCUT2D eigenvalue weighted by molar-refractivity contribution is 7.10.